The van der Waals surface area contributed by atoms with E-state index in [1.54, 1.807) is 18.4 Å². The van der Waals surface area contributed by atoms with Gasteiger partial charge < -0.3 is 16.0 Å². The lowest BCUT2D eigenvalue weighted by molar-refractivity contribution is -0.115. The SMILES string of the molecule is CCc1cccc(NC(=O)CNC(=NC)NCc2sccc2C)c1. The maximum atomic E-state index is 12.1. The molecule has 0 aliphatic carbocycles. The molecule has 6 heteroatoms. The molecule has 0 fully saturated rings. The lowest BCUT2D eigenvalue weighted by atomic mass is 10.1. The van der Waals surface area contributed by atoms with Crippen molar-refractivity contribution in [3.8, 4) is 0 Å². The molecule has 0 aliphatic heterocycles. The molecule has 0 radical (unpaired) electrons. The van der Waals surface area contributed by atoms with Crippen molar-refractivity contribution in [2.45, 2.75) is 26.8 Å². The van der Waals surface area contributed by atoms with Crippen LogP contribution in [0.15, 0.2) is 40.7 Å². The Labute approximate surface area is 147 Å². The molecule has 3 N–H and O–H groups in total. The highest BCUT2D eigenvalue weighted by Gasteiger charge is 2.06. The number of carbonyl (C=O) groups excluding carboxylic acids is 1. The summed E-state index contributed by atoms with van der Waals surface area (Å²) >= 11 is 1.71. The lowest BCUT2D eigenvalue weighted by Gasteiger charge is -2.12. The van der Waals surface area contributed by atoms with Gasteiger partial charge in [0.1, 0.15) is 0 Å². The number of amides is 1. The molecule has 1 aromatic heterocycles. The summed E-state index contributed by atoms with van der Waals surface area (Å²) in [6.45, 7) is 5.04. The van der Waals surface area contributed by atoms with Crippen molar-refractivity contribution in [1.82, 2.24) is 10.6 Å². The molecule has 24 heavy (non-hydrogen) atoms. The average Bonchev–Trinajstić information content (AvgIpc) is 3.00. The smallest absolute Gasteiger partial charge is 0.243 e. The van der Waals surface area contributed by atoms with Gasteiger partial charge in [0.2, 0.25) is 5.91 Å². The van der Waals surface area contributed by atoms with Crippen molar-refractivity contribution in [2.24, 2.45) is 4.99 Å². The van der Waals surface area contributed by atoms with Gasteiger partial charge in [0.05, 0.1) is 13.1 Å². The van der Waals surface area contributed by atoms with Crippen molar-refractivity contribution in [3.63, 3.8) is 0 Å². The van der Waals surface area contributed by atoms with E-state index >= 15 is 0 Å². The molecule has 5 nitrogen and oxygen atoms in total. The summed E-state index contributed by atoms with van der Waals surface area (Å²) in [7, 11) is 1.69. The number of hydrogen-bond donors (Lipinski definition) is 3. The summed E-state index contributed by atoms with van der Waals surface area (Å²) in [6.07, 6.45) is 0.945. The number of thiophene rings is 1. The van der Waals surface area contributed by atoms with Crippen LogP contribution in [0.3, 0.4) is 0 Å². The van der Waals surface area contributed by atoms with E-state index < -0.39 is 0 Å². The monoisotopic (exact) mass is 344 g/mol. The highest BCUT2D eigenvalue weighted by Crippen LogP contribution is 2.14. The van der Waals surface area contributed by atoms with Gasteiger partial charge in [-0.25, -0.2) is 0 Å². The number of nitrogens with zero attached hydrogens (tertiary/aromatic N) is 1. The molecule has 0 spiro atoms. The van der Waals surface area contributed by atoms with Gasteiger partial charge in [-0.1, -0.05) is 19.1 Å². The molecule has 1 heterocycles. The molecule has 1 amide bonds. The average molecular weight is 344 g/mol. The summed E-state index contributed by atoms with van der Waals surface area (Å²) in [5.74, 6) is 0.513. The highest BCUT2D eigenvalue weighted by molar-refractivity contribution is 7.10. The van der Waals surface area contributed by atoms with Gasteiger partial charge in [0, 0.05) is 17.6 Å². The third-order valence-corrected chi connectivity index (χ3v) is 4.67. The second-order valence-electron chi connectivity index (χ2n) is 5.41. The van der Waals surface area contributed by atoms with Crippen molar-refractivity contribution < 1.29 is 4.79 Å². The molecule has 128 valence electrons. The van der Waals surface area contributed by atoms with Gasteiger partial charge in [-0.15, -0.1) is 11.3 Å². The van der Waals surface area contributed by atoms with Crippen LogP contribution in [0.4, 0.5) is 5.69 Å². The standard InChI is InChI=1S/C18H24N4OS/c1-4-14-6-5-7-15(10-14)22-17(23)12-21-18(19-3)20-11-16-13(2)8-9-24-16/h5-10H,4,11-12H2,1-3H3,(H,22,23)(H2,19,20,21). The Bertz CT molecular complexity index is 709. The minimum absolute atomic E-state index is 0.0986. The van der Waals surface area contributed by atoms with Crippen LogP contribution in [-0.2, 0) is 17.8 Å². The number of guanidine groups is 1. The molecule has 0 atom stereocenters. The van der Waals surface area contributed by atoms with Gasteiger partial charge in [0.15, 0.2) is 5.96 Å². The van der Waals surface area contributed by atoms with Gasteiger partial charge in [-0.05, 0) is 48.1 Å². The Morgan fingerprint density at radius 2 is 2.08 bits per heavy atom. The van der Waals surface area contributed by atoms with Crippen molar-refractivity contribution in [3.05, 3.63) is 51.7 Å². The number of nitrogens with one attached hydrogen (secondary N) is 3. The fourth-order valence-corrected chi connectivity index (χ4v) is 3.05. The summed E-state index contributed by atoms with van der Waals surface area (Å²) in [5.41, 5.74) is 3.28. The predicted octanol–water partition coefficient (Wildman–Crippen LogP) is 2.92. The topological polar surface area (TPSA) is 65.5 Å². The molecule has 0 saturated heterocycles. The summed E-state index contributed by atoms with van der Waals surface area (Å²) in [4.78, 5) is 17.5. The molecular formula is C18H24N4OS. The van der Waals surface area contributed by atoms with E-state index in [2.05, 4.69) is 46.2 Å². The minimum Gasteiger partial charge on any atom is -0.352 e. The zero-order valence-electron chi connectivity index (χ0n) is 14.3. The van der Waals surface area contributed by atoms with E-state index in [0.29, 0.717) is 12.5 Å². The second kappa shape index (κ2) is 9.08. The van der Waals surface area contributed by atoms with Crippen LogP contribution < -0.4 is 16.0 Å². The zero-order valence-corrected chi connectivity index (χ0v) is 15.2. The Hall–Kier alpha value is -2.34. The first-order valence-corrected chi connectivity index (χ1v) is 8.86. The number of rotatable bonds is 6. The lowest BCUT2D eigenvalue weighted by Crippen LogP contribution is -2.41. The fraction of sp³-hybridized carbons (Fsp3) is 0.333. The molecule has 0 aliphatic rings. The van der Waals surface area contributed by atoms with E-state index in [-0.39, 0.29) is 12.5 Å². The van der Waals surface area contributed by atoms with Crippen LogP contribution in [0.5, 0.6) is 0 Å². The van der Waals surface area contributed by atoms with Gasteiger partial charge in [-0.2, -0.15) is 0 Å². The molecule has 0 bridgehead atoms. The number of benzene rings is 1. The molecule has 2 rings (SSSR count). The maximum Gasteiger partial charge on any atom is 0.243 e. The third kappa shape index (κ3) is 5.38. The van der Waals surface area contributed by atoms with Crippen LogP contribution in [0.2, 0.25) is 0 Å². The summed E-state index contributed by atoms with van der Waals surface area (Å²) < 4.78 is 0. The fourth-order valence-electron chi connectivity index (χ4n) is 2.21. The Kier molecular flexibility index (Phi) is 6.81. The van der Waals surface area contributed by atoms with E-state index in [1.165, 1.54) is 16.0 Å². The molecule has 0 saturated carbocycles. The minimum atomic E-state index is -0.0986. The molecule has 2 aromatic rings. The van der Waals surface area contributed by atoms with E-state index in [4.69, 9.17) is 0 Å². The van der Waals surface area contributed by atoms with E-state index in [0.717, 1.165) is 12.1 Å². The first kappa shape index (κ1) is 18.0. The predicted molar refractivity (Wildman–Crippen MR) is 102 cm³/mol. The zero-order chi connectivity index (χ0) is 17.4. The van der Waals surface area contributed by atoms with E-state index in [9.17, 15) is 4.79 Å². The Morgan fingerprint density at radius 3 is 2.75 bits per heavy atom. The van der Waals surface area contributed by atoms with Gasteiger partial charge in [-0.3, -0.25) is 9.79 Å². The van der Waals surface area contributed by atoms with Crippen LogP contribution in [-0.4, -0.2) is 25.5 Å². The Balaban J connectivity index is 1.79. The molecular weight excluding hydrogens is 320 g/mol. The third-order valence-electron chi connectivity index (χ3n) is 3.64. The largest absolute Gasteiger partial charge is 0.352 e. The molecule has 0 unspecified atom stereocenters. The number of carbonyl (C=O) groups is 1. The first-order valence-electron chi connectivity index (χ1n) is 7.98. The van der Waals surface area contributed by atoms with Crippen LogP contribution >= 0.6 is 11.3 Å². The van der Waals surface area contributed by atoms with E-state index in [1.807, 2.05) is 24.3 Å². The quantitative estimate of drug-likeness (QED) is 0.558. The number of anilines is 1. The van der Waals surface area contributed by atoms with Crippen LogP contribution in [0.1, 0.15) is 22.9 Å². The van der Waals surface area contributed by atoms with Crippen molar-refractivity contribution in [2.75, 3.05) is 18.9 Å². The summed E-state index contributed by atoms with van der Waals surface area (Å²) in [6, 6.07) is 9.97. The maximum absolute atomic E-state index is 12.1. The van der Waals surface area contributed by atoms with Crippen molar-refractivity contribution in [1.29, 1.82) is 0 Å². The summed E-state index contributed by atoms with van der Waals surface area (Å²) in [5, 5.41) is 11.2. The number of aliphatic imine (C=N–C) groups is 1. The van der Waals surface area contributed by atoms with Crippen LogP contribution in [0.25, 0.3) is 0 Å². The van der Waals surface area contributed by atoms with Gasteiger partial charge in [0.25, 0.3) is 0 Å². The number of aryl methyl sites for hydroxylation is 2. The van der Waals surface area contributed by atoms with Crippen molar-refractivity contribution >= 4 is 28.9 Å². The van der Waals surface area contributed by atoms with Crippen LogP contribution in [0, 0.1) is 6.92 Å². The highest BCUT2D eigenvalue weighted by atomic mass is 32.1. The Morgan fingerprint density at radius 1 is 1.25 bits per heavy atom. The molecule has 1 aromatic carbocycles. The second-order valence-corrected chi connectivity index (χ2v) is 6.41. The first-order chi connectivity index (χ1) is 11.6. The number of hydrogen-bond acceptors (Lipinski definition) is 3. The normalized spacial score (nSPS) is 11.2. The van der Waals surface area contributed by atoms with Gasteiger partial charge >= 0.3 is 0 Å².